The van der Waals surface area contributed by atoms with E-state index in [1.54, 1.807) is 0 Å². The number of hydrogen-bond donors (Lipinski definition) is 0. The molecular weight excluding hydrogens is 575 g/mol. The van der Waals surface area contributed by atoms with Crippen LogP contribution in [-0.4, -0.2) is 57.3 Å². The van der Waals surface area contributed by atoms with Crippen LogP contribution in [-0.2, 0) is 2.79 Å². The maximum atomic E-state index is 12.5. The van der Waals surface area contributed by atoms with Gasteiger partial charge in [0.15, 0.2) is 0 Å². The summed E-state index contributed by atoms with van der Waals surface area (Å²) < 4.78 is 227. The molecule has 0 N–H and O–H groups in total. The van der Waals surface area contributed by atoms with Gasteiger partial charge in [-0.1, -0.05) is 0 Å². The zero-order chi connectivity index (χ0) is 22.7. The van der Waals surface area contributed by atoms with Gasteiger partial charge in [0.1, 0.15) is 0 Å². The van der Waals surface area contributed by atoms with E-state index in [0.717, 1.165) is 0 Å². The van der Waals surface area contributed by atoms with Crippen molar-refractivity contribution < 1.29 is 81.8 Å². The second-order valence-electron chi connectivity index (χ2n) is 4.45. The zero-order valence-electron chi connectivity index (χ0n) is 11.2. The number of rotatable bonds is 2. The fourth-order valence-corrected chi connectivity index (χ4v) is 20.6. The van der Waals surface area contributed by atoms with E-state index in [9.17, 15) is 79.0 Å². The zero-order valence-corrected chi connectivity index (χ0v) is 15.4. The van der Waals surface area contributed by atoms with Crippen molar-refractivity contribution in [3.8, 4) is 0 Å². The van der Waals surface area contributed by atoms with Crippen molar-refractivity contribution in [2.75, 3.05) is 0 Å². The molecule has 0 heterocycles. The number of alkyl halides is 18. The molecule has 0 aliphatic carbocycles. The third kappa shape index (κ3) is 4.08. The molecule has 0 fully saturated rings. The van der Waals surface area contributed by atoms with E-state index in [-0.39, 0.29) is 0 Å². The summed E-state index contributed by atoms with van der Waals surface area (Å²) in [4.78, 5) is 0. The fraction of sp³-hybridized carbons (Fsp3) is 1.00. The molecule has 0 bridgehead atoms. The first-order chi connectivity index (χ1) is 11.2. The van der Waals surface area contributed by atoms with Gasteiger partial charge in [-0.2, -0.15) is 0 Å². The van der Waals surface area contributed by atoms with Gasteiger partial charge in [0.05, 0.1) is 0 Å². The Kier molecular flexibility index (Phi) is 6.60. The van der Waals surface area contributed by atoms with Crippen molar-refractivity contribution in [2.24, 2.45) is 0 Å². The van der Waals surface area contributed by atoms with Gasteiger partial charge >= 0.3 is 139 Å². The van der Waals surface area contributed by atoms with Crippen LogP contribution >= 0.6 is 0 Å². The monoisotopic (exact) mass is 578 g/mol. The molecule has 27 heavy (non-hydrogen) atoms. The van der Waals surface area contributed by atoms with E-state index in [4.69, 9.17) is 0 Å². The van der Waals surface area contributed by atoms with Crippen LogP contribution in [0.3, 0.4) is 0 Å². The SMILES string of the molecule is F[C](F)(F)[Ge]([O][Ge]([C](F)(F)F)([C](F)(F)F)[C](F)(F)F)([C](F)(F)F)[C](F)(F)F. The first-order valence-electron chi connectivity index (χ1n) is 5.31. The minimum absolute atomic E-state index is 1.44. The van der Waals surface area contributed by atoms with E-state index in [1.807, 2.05) is 0 Å². The molecule has 0 saturated heterocycles. The van der Waals surface area contributed by atoms with Gasteiger partial charge in [0.2, 0.25) is 0 Å². The van der Waals surface area contributed by atoms with Crippen LogP contribution < -0.4 is 0 Å². The molecule has 0 aliphatic heterocycles. The molecule has 0 aliphatic rings. The molecule has 0 aromatic heterocycles. The van der Waals surface area contributed by atoms with Crippen molar-refractivity contribution in [3.05, 3.63) is 0 Å². The van der Waals surface area contributed by atoms with Crippen molar-refractivity contribution in [1.82, 2.24) is 0 Å². The molecule has 21 heteroatoms. The molecule has 0 atom stereocenters. The fourth-order valence-electron chi connectivity index (χ4n) is 1.54. The van der Waals surface area contributed by atoms with Gasteiger partial charge in [-0.05, 0) is 0 Å². The third-order valence-corrected chi connectivity index (χ3v) is 20.7. The van der Waals surface area contributed by atoms with Crippen molar-refractivity contribution in [2.45, 2.75) is 30.1 Å². The van der Waals surface area contributed by atoms with Crippen LogP contribution in [0.15, 0.2) is 0 Å². The average Bonchev–Trinajstić information content (AvgIpc) is 2.16. The Labute approximate surface area is 140 Å². The normalized spacial score (nSPS) is 16.7. The number of hydrogen-bond acceptors (Lipinski definition) is 1. The molecule has 0 saturated carbocycles. The summed E-state index contributed by atoms with van der Waals surface area (Å²) in [5.74, 6) is 0. The van der Waals surface area contributed by atoms with Crippen LogP contribution in [0, 0.1) is 0 Å². The Morgan fingerprint density at radius 2 is 0.407 bits per heavy atom. The first-order valence-corrected chi connectivity index (χ1v) is 13.3. The molecular formula is C6F18Ge2O. The molecule has 0 aromatic carbocycles. The standard InChI is InChI=1S/C6F18Ge2O/c7-1(8,9)25(2(10,11)12,3(13,14)15)27-26(4(16,17)18,5(19,20)21)6(22,23)24. The Bertz CT molecular complexity index is 405. The Balaban J connectivity index is 7.45. The van der Waals surface area contributed by atoms with Crippen molar-refractivity contribution in [1.29, 1.82) is 0 Å². The van der Waals surface area contributed by atoms with Crippen LogP contribution in [0.2, 0.25) is 0 Å². The Morgan fingerprint density at radius 1 is 0.296 bits per heavy atom. The maximum absolute atomic E-state index is 12.5. The van der Waals surface area contributed by atoms with E-state index < -0.39 is 57.3 Å². The van der Waals surface area contributed by atoms with Crippen molar-refractivity contribution >= 4 is 27.2 Å². The van der Waals surface area contributed by atoms with Gasteiger partial charge in [0, 0.05) is 0 Å². The molecule has 164 valence electrons. The third-order valence-electron chi connectivity index (χ3n) is 2.70. The predicted molar refractivity (Wildman–Crippen MR) is 48.9 cm³/mol. The second kappa shape index (κ2) is 6.66. The van der Waals surface area contributed by atoms with Crippen LogP contribution in [0.25, 0.3) is 0 Å². The summed E-state index contributed by atoms with van der Waals surface area (Å²) in [6, 6.07) is 0. The Hall–Kier alpha value is -0.214. The Morgan fingerprint density at radius 3 is 0.481 bits per heavy atom. The summed E-state index contributed by atoms with van der Waals surface area (Å²) in [7, 11) is 0. The molecule has 1 nitrogen and oxygen atoms in total. The van der Waals surface area contributed by atoms with Gasteiger partial charge < -0.3 is 0 Å². The van der Waals surface area contributed by atoms with E-state index in [2.05, 4.69) is 0 Å². The van der Waals surface area contributed by atoms with E-state index in [1.165, 1.54) is 2.79 Å². The van der Waals surface area contributed by atoms with Crippen LogP contribution in [0.1, 0.15) is 0 Å². The quantitative estimate of drug-likeness (QED) is 0.312. The van der Waals surface area contributed by atoms with Gasteiger partial charge in [-0.15, -0.1) is 0 Å². The van der Waals surface area contributed by atoms with E-state index in [0.29, 0.717) is 0 Å². The molecule has 0 radical (unpaired) electrons. The molecule has 0 spiro atoms. The summed E-state index contributed by atoms with van der Waals surface area (Å²) in [5, 5.41) is -48.3. The van der Waals surface area contributed by atoms with Gasteiger partial charge in [-0.25, -0.2) is 0 Å². The van der Waals surface area contributed by atoms with Gasteiger partial charge in [-0.3, -0.25) is 0 Å². The van der Waals surface area contributed by atoms with Crippen LogP contribution in [0.4, 0.5) is 79.0 Å². The molecule has 0 unspecified atom stereocenters. The average molecular weight is 575 g/mol. The summed E-state index contributed by atoms with van der Waals surface area (Å²) in [6.07, 6.45) is 0. The summed E-state index contributed by atoms with van der Waals surface area (Å²) >= 11 is -22.3. The first kappa shape index (κ1) is 26.8. The molecule has 0 rings (SSSR count). The van der Waals surface area contributed by atoms with Crippen molar-refractivity contribution in [3.63, 3.8) is 0 Å². The molecule has 0 aromatic rings. The molecule has 0 amide bonds. The number of halogens is 18. The summed E-state index contributed by atoms with van der Waals surface area (Å²) in [6.45, 7) is 0. The minimum atomic E-state index is -11.2. The topological polar surface area (TPSA) is 9.23 Å². The second-order valence-corrected chi connectivity index (χ2v) is 20.0. The predicted octanol–water partition coefficient (Wildman–Crippen LogP) is 5.50. The van der Waals surface area contributed by atoms with Crippen LogP contribution in [0.5, 0.6) is 0 Å². The van der Waals surface area contributed by atoms with E-state index >= 15 is 0 Å². The van der Waals surface area contributed by atoms with Gasteiger partial charge in [0.25, 0.3) is 0 Å². The summed E-state index contributed by atoms with van der Waals surface area (Å²) in [5.41, 5.74) is 0.